The molecule has 0 saturated heterocycles. The molecule has 0 atom stereocenters. The molecule has 0 bridgehead atoms. The largest absolute Gasteiger partial charge is 0.461 e. The Morgan fingerprint density at radius 3 is 2.50 bits per heavy atom. The summed E-state index contributed by atoms with van der Waals surface area (Å²) in [7, 11) is 0. The lowest BCUT2D eigenvalue weighted by molar-refractivity contribution is -0.384. The number of non-ortho nitro benzene ring substituents is 1. The summed E-state index contributed by atoms with van der Waals surface area (Å²) in [5.41, 5.74) is 1.28. The second-order valence-corrected chi connectivity index (χ2v) is 7.04. The lowest BCUT2D eigenvalue weighted by Crippen LogP contribution is -2.14. The van der Waals surface area contributed by atoms with Crippen LogP contribution in [0.25, 0.3) is 17.3 Å². The Hall–Kier alpha value is -3.92. The van der Waals surface area contributed by atoms with Gasteiger partial charge in [-0.15, -0.1) is 10.2 Å². The number of rotatable bonds is 7. The number of thioether (sulfide) groups is 1. The van der Waals surface area contributed by atoms with Crippen molar-refractivity contribution >= 4 is 29.0 Å². The number of nitrogens with zero attached hydrogens (tertiary/aromatic N) is 4. The Kier molecular flexibility index (Phi) is 5.57. The Morgan fingerprint density at radius 2 is 1.83 bits per heavy atom. The van der Waals surface area contributed by atoms with Crippen LogP contribution in [0, 0.1) is 10.1 Å². The topological polar surface area (TPSA) is 116 Å². The number of nitro benzene ring substituents is 1. The lowest BCUT2D eigenvalue weighted by Gasteiger charge is -2.09. The Morgan fingerprint density at radius 1 is 1.07 bits per heavy atom. The molecule has 1 amide bonds. The quantitative estimate of drug-likeness (QED) is 0.270. The minimum atomic E-state index is -0.492. The molecule has 0 aliphatic heterocycles. The molecule has 10 heteroatoms. The maximum Gasteiger partial charge on any atom is 0.269 e. The molecule has 9 nitrogen and oxygen atoms in total. The minimum absolute atomic E-state index is 0.0382. The molecule has 0 unspecified atom stereocenters. The molecule has 0 radical (unpaired) electrons. The molecule has 4 rings (SSSR count). The monoisotopic (exact) mass is 421 g/mol. The molecule has 30 heavy (non-hydrogen) atoms. The zero-order chi connectivity index (χ0) is 20.9. The lowest BCUT2D eigenvalue weighted by atomic mass is 10.3. The van der Waals surface area contributed by atoms with Gasteiger partial charge in [0.15, 0.2) is 10.9 Å². The van der Waals surface area contributed by atoms with E-state index < -0.39 is 4.92 Å². The predicted molar refractivity (Wildman–Crippen MR) is 112 cm³/mol. The summed E-state index contributed by atoms with van der Waals surface area (Å²) in [5.74, 6) is 0.911. The summed E-state index contributed by atoms with van der Waals surface area (Å²) in [6.45, 7) is 0. The van der Waals surface area contributed by atoms with E-state index in [-0.39, 0.29) is 17.3 Å². The van der Waals surface area contributed by atoms with Crippen LogP contribution in [0.15, 0.2) is 82.6 Å². The fourth-order valence-electron chi connectivity index (χ4n) is 2.73. The summed E-state index contributed by atoms with van der Waals surface area (Å²) in [6, 6.07) is 18.7. The van der Waals surface area contributed by atoms with E-state index in [2.05, 4.69) is 15.5 Å². The maximum atomic E-state index is 12.3. The fraction of sp³-hybridized carbons (Fsp3) is 0.0500. The standard InChI is InChI=1S/C20H15N5O4S/c26-18(21-14-8-10-16(11-9-14)25(27)28)13-30-20-23-22-19(17-7-4-12-29-17)24(20)15-5-2-1-3-6-15/h1-12H,13H2,(H,21,26). The Labute approximate surface area is 174 Å². The van der Waals surface area contributed by atoms with Gasteiger partial charge in [-0.3, -0.25) is 19.5 Å². The average Bonchev–Trinajstić information content (AvgIpc) is 3.43. The first-order valence-electron chi connectivity index (χ1n) is 8.83. The highest BCUT2D eigenvalue weighted by Gasteiger charge is 2.19. The Balaban J connectivity index is 1.50. The highest BCUT2D eigenvalue weighted by atomic mass is 32.2. The number of benzene rings is 2. The van der Waals surface area contributed by atoms with Crippen LogP contribution in [0.2, 0.25) is 0 Å². The van der Waals surface area contributed by atoms with E-state index in [0.29, 0.717) is 22.4 Å². The molecule has 0 saturated carbocycles. The number of carbonyl (C=O) groups is 1. The van der Waals surface area contributed by atoms with Gasteiger partial charge in [-0.05, 0) is 36.4 Å². The van der Waals surface area contributed by atoms with Crippen molar-refractivity contribution in [1.29, 1.82) is 0 Å². The summed E-state index contributed by atoms with van der Waals surface area (Å²) in [4.78, 5) is 22.6. The van der Waals surface area contributed by atoms with Gasteiger partial charge in [-0.2, -0.15) is 0 Å². The van der Waals surface area contributed by atoms with Gasteiger partial charge in [-0.1, -0.05) is 30.0 Å². The second-order valence-electron chi connectivity index (χ2n) is 6.10. The molecular formula is C20H15N5O4S. The van der Waals surface area contributed by atoms with Crippen molar-refractivity contribution in [2.75, 3.05) is 11.1 Å². The number of nitro groups is 1. The van der Waals surface area contributed by atoms with Gasteiger partial charge in [0.25, 0.3) is 5.69 Å². The number of amides is 1. The van der Waals surface area contributed by atoms with E-state index in [1.165, 1.54) is 36.0 Å². The zero-order valence-corrected chi connectivity index (χ0v) is 16.3. The summed E-state index contributed by atoms with van der Waals surface area (Å²) in [5, 5.41) is 22.4. The van der Waals surface area contributed by atoms with E-state index in [4.69, 9.17) is 4.42 Å². The predicted octanol–water partition coefficient (Wildman–Crippen LogP) is 4.17. The molecule has 2 heterocycles. The van der Waals surface area contributed by atoms with Crippen molar-refractivity contribution in [3.8, 4) is 17.3 Å². The Bertz CT molecular complexity index is 1160. The third-order valence-electron chi connectivity index (χ3n) is 4.08. The maximum absolute atomic E-state index is 12.3. The molecule has 1 N–H and O–H groups in total. The molecule has 0 fully saturated rings. The van der Waals surface area contributed by atoms with Crippen LogP contribution in [0.4, 0.5) is 11.4 Å². The van der Waals surface area contributed by atoms with E-state index in [9.17, 15) is 14.9 Å². The van der Waals surface area contributed by atoms with E-state index in [0.717, 1.165) is 5.69 Å². The van der Waals surface area contributed by atoms with Crippen molar-refractivity contribution in [2.24, 2.45) is 0 Å². The van der Waals surface area contributed by atoms with Crippen LogP contribution in [0.3, 0.4) is 0 Å². The third kappa shape index (κ3) is 4.23. The summed E-state index contributed by atoms with van der Waals surface area (Å²) in [6.07, 6.45) is 1.56. The van der Waals surface area contributed by atoms with Crippen LogP contribution in [0.1, 0.15) is 0 Å². The number of aromatic nitrogens is 3. The molecule has 0 spiro atoms. The first-order chi connectivity index (χ1) is 14.6. The average molecular weight is 421 g/mol. The van der Waals surface area contributed by atoms with Crippen molar-refractivity contribution in [1.82, 2.24) is 14.8 Å². The van der Waals surface area contributed by atoms with Crippen molar-refractivity contribution in [3.63, 3.8) is 0 Å². The van der Waals surface area contributed by atoms with E-state index >= 15 is 0 Å². The summed E-state index contributed by atoms with van der Waals surface area (Å²) < 4.78 is 7.29. The van der Waals surface area contributed by atoms with E-state index in [1.54, 1.807) is 18.4 Å². The number of hydrogen-bond acceptors (Lipinski definition) is 7. The van der Waals surface area contributed by atoms with Crippen LogP contribution in [-0.2, 0) is 4.79 Å². The van der Waals surface area contributed by atoms with Crippen molar-refractivity contribution in [2.45, 2.75) is 5.16 Å². The van der Waals surface area contributed by atoms with Crippen LogP contribution >= 0.6 is 11.8 Å². The number of furan rings is 1. The van der Waals surface area contributed by atoms with Gasteiger partial charge in [0.05, 0.1) is 16.9 Å². The van der Waals surface area contributed by atoms with Crippen LogP contribution in [0.5, 0.6) is 0 Å². The fourth-order valence-corrected chi connectivity index (χ4v) is 3.48. The van der Waals surface area contributed by atoms with Crippen molar-refractivity contribution in [3.05, 3.63) is 83.1 Å². The number of para-hydroxylation sites is 1. The number of anilines is 1. The normalized spacial score (nSPS) is 10.7. The molecule has 0 aliphatic rings. The first-order valence-corrected chi connectivity index (χ1v) is 9.82. The summed E-state index contributed by atoms with van der Waals surface area (Å²) >= 11 is 1.22. The van der Waals surface area contributed by atoms with Gasteiger partial charge >= 0.3 is 0 Å². The molecule has 0 aliphatic carbocycles. The van der Waals surface area contributed by atoms with E-state index in [1.807, 2.05) is 34.9 Å². The number of nitrogens with one attached hydrogen (secondary N) is 1. The molecule has 2 aromatic carbocycles. The van der Waals surface area contributed by atoms with Gasteiger partial charge in [0.2, 0.25) is 11.7 Å². The second kappa shape index (κ2) is 8.62. The molecule has 2 aromatic heterocycles. The number of hydrogen-bond donors (Lipinski definition) is 1. The van der Waals surface area contributed by atoms with Crippen LogP contribution in [-0.4, -0.2) is 31.3 Å². The van der Waals surface area contributed by atoms with Crippen molar-refractivity contribution < 1.29 is 14.1 Å². The number of carbonyl (C=O) groups excluding carboxylic acids is 1. The van der Waals surface area contributed by atoms with Gasteiger partial charge in [0.1, 0.15) is 0 Å². The highest BCUT2D eigenvalue weighted by molar-refractivity contribution is 7.99. The highest BCUT2D eigenvalue weighted by Crippen LogP contribution is 2.28. The first kappa shape index (κ1) is 19.4. The van der Waals surface area contributed by atoms with Gasteiger partial charge < -0.3 is 9.73 Å². The zero-order valence-electron chi connectivity index (χ0n) is 15.5. The molecule has 4 aromatic rings. The smallest absolute Gasteiger partial charge is 0.269 e. The molecular weight excluding hydrogens is 406 g/mol. The molecule has 150 valence electrons. The van der Waals surface area contributed by atoms with Crippen LogP contribution < -0.4 is 5.32 Å². The minimum Gasteiger partial charge on any atom is -0.461 e. The third-order valence-corrected chi connectivity index (χ3v) is 5.01. The van der Waals surface area contributed by atoms with Gasteiger partial charge in [0, 0.05) is 23.5 Å². The SMILES string of the molecule is O=C(CSc1nnc(-c2ccco2)n1-c1ccccc1)Nc1ccc([N+](=O)[O-])cc1. The van der Waals surface area contributed by atoms with Gasteiger partial charge in [-0.25, -0.2) is 0 Å².